The van der Waals surface area contributed by atoms with Crippen LogP contribution in [0.25, 0.3) is 0 Å². The zero-order chi connectivity index (χ0) is 15.8. The number of nitrogens with zero attached hydrogens (tertiary/aromatic N) is 2. The van der Waals surface area contributed by atoms with Gasteiger partial charge in [-0.15, -0.1) is 0 Å². The first-order valence-corrected chi connectivity index (χ1v) is 7.87. The van der Waals surface area contributed by atoms with Crippen LogP contribution in [0.4, 0.5) is 0 Å². The summed E-state index contributed by atoms with van der Waals surface area (Å²) < 4.78 is 5.86. The quantitative estimate of drug-likeness (QED) is 0.855. The van der Waals surface area contributed by atoms with Crippen molar-refractivity contribution in [2.45, 2.75) is 64.6 Å². The predicted molar refractivity (Wildman–Crippen MR) is 80.2 cm³/mol. The number of hydrogen-bond acceptors (Lipinski definition) is 4. The Kier molecular flexibility index (Phi) is 4.32. The molecule has 0 aromatic heterocycles. The second kappa shape index (κ2) is 5.58. The zero-order valence-corrected chi connectivity index (χ0v) is 13.6. The highest BCUT2D eigenvalue weighted by Gasteiger charge is 2.70. The van der Waals surface area contributed by atoms with E-state index >= 15 is 0 Å². The van der Waals surface area contributed by atoms with Gasteiger partial charge in [0.05, 0.1) is 18.6 Å². The van der Waals surface area contributed by atoms with Gasteiger partial charge >= 0.3 is 0 Å². The molecular formula is C16H27N3O2. The minimum atomic E-state index is -0.877. The summed E-state index contributed by atoms with van der Waals surface area (Å²) in [7, 11) is 0. The van der Waals surface area contributed by atoms with Gasteiger partial charge in [0.2, 0.25) is 5.91 Å². The van der Waals surface area contributed by atoms with Crippen molar-refractivity contribution < 1.29 is 9.53 Å². The molecule has 21 heavy (non-hydrogen) atoms. The van der Waals surface area contributed by atoms with Crippen LogP contribution in [0.1, 0.15) is 47.0 Å². The lowest BCUT2D eigenvalue weighted by Crippen LogP contribution is -2.82. The van der Waals surface area contributed by atoms with Crippen LogP contribution in [0.2, 0.25) is 0 Å². The average molecular weight is 293 g/mol. The summed E-state index contributed by atoms with van der Waals surface area (Å²) in [4.78, 5) is 14.9. The van der Waals surface area contributed by atoms with Crippen molar-refractivity contribution in [1.29, 1.82) is 5.26 Å². The van der Waals surface area contributed by atoms with Crippen LogP contribution >= 0.6 is 0 Å². The lowest BCUT2D eigenvalue weighted by Gasteiger charge is -2.66. The molecule has 1 heterocycles. The summed E-state index contributed by atoms with van der Waals surface area (Å²) in [5.41, 5.74) is 5.39. The number of rotatable bonds is 4. The summed E-state index contributed by atoms with van der Waals surface area (Å²) in [6, 6.07) is 2.16. The number of nitriles is 1. The van der Waals surface area contributed by atoms with Crippen molar-refractivity contribution in [1.82, 2.24) is 4.90 Å². The van der Waals surface area contributed by atoms with Crippen molar-refractivity contribution >= 4 is 5.91 Å². The van der Waals surface area contributed by atoms with E-state index in [9.17, 15) is 4.79 Å². The van der Waals surface area contributed by atoms with E-state index in [1.165, 1.54) is 0 Å². The van der Waals surface area contributed by atoms with Crippen molar-refractivity contribution in [3.05, 3.63) is 0 Å². The molecule has 2 aliphatic rings. The van der Waals surface area contributed by atoms with Crippen molar-refractivity contribution in [3.63, 3.8) is 0 Å². The minimum Gasteiger partial charge on any atom is -0.377 e. The van der Waals surface area contributed by atoms with Crippen molar-refractivity contribution in [3.8, 4) is 6.07 Å². The number of ether oxygens (including phenoxy) is 1. The highest BCUT2D eigenvalue weighted by Crippen LogP contribution is 2.58. The molecule has 1 amide bonds. The van der Waals surface area contributed by atoms with Crippen LogP contribution in [0.3, 0.4) is 0 Å². The fourth-order valence-electron chi connectivity index (χ4n) is 4.01. The molecular weight excluding hydrogens is 266 g/mol. The molecule has 0 radical (unpaired) electrons. The summed E-state index contributed by atoms with van der Waals surface area (Å²) in [6.07, 6.45) is 2.32. The highest BCUT2D eigenvalue weighted by molar-refractivity contribution is 5.89. The maximum absolute atomic E-state index is 13.1. The predicted octanol–water partition coefficient (Wildman–Crippen LogP) is 1.67. The van der Waals surface area contributed by atoms with Gasteiger partial charge in [0.1, 0.15) is 5.54 Å². The molecule has 0 bridgehead atoms. The average Bonchev–Trinajstić information content (AvgIpc) is 2.46. The van der Waals surface area contributed by atoms with Gasteiger partial charge in [0.25, 0.3) is 0 Å². The molecule has 1 aliphatic carbocycles. The van der Waals surface area contributed by atoms with E-state index in [1.807, 2.05) is 27.7 Å². The number of carbonyl (C=O) groups excluding carboxylic acids is 1. The zero-order valence-electron chi connectivity index (χ0n) is 13.6. The molecule has 0 aromatic carbocycles. The van der Waals surface area contributed by atoms with Crippen LogP contribution in [-0.2, 0) is 9.53 Å². The second-order valence-corrected chi connectivity index (χ2v) is 7.13. The van der Waals surface area contributed by atoms with Gasteiger partial charge in [-0.25, -0.2) is 0 Å². The van der Waals surface area contributed by atoms with Crippen LogP contribution in [-0.4, -0.2) is 41.6 Å². The van der Waals surface area contributed by atoms with Gasteiger partial charge in [-0.05, 0) is 26.7 Å². The summed E-state index contributed by atoms with van der Waals surface area (Å²) >= 11 is 0. The van der Waals surface area contributed by atoms with Crippen molar-refractivity contribution in [2.24, 2.45) is 17.1 Å². The Balaban J connectivity index is 2.25. The Hall–Kier alpha value is -1.12. The molecule has 118 valence electrons. The number of nitrogens with two attached hydrogens (primary N) is 1. The first kappa shape index (κ1) is 16.3. The topological polar surface area (TPSA) is 79.4 Å². The highest BCUT2D eigenvalue weighted by atomic mass is 16.5. The van der Waals surface area contributed by atoms with Gasteiger partial charge in [-0.3, -0.25) is 4.79 Å². The SMILES string of the molecule is CC(C)N(CCC#N)C(=O)C1(N)C2CCCOC2C1(C)C. The number of fused-ring (bicyclic) bond motifs is 1. The minimum absolute atomic E-state index is 0.0236. The summed E-state index contributed by atoms with van der Waals surface area (Å²) in [5, 5.41) is 8.80. The Labute approximate surface area is 127 Å². The summed E-state index contributed by atoms with van der Waals surface area (Å²) in [6.45, 7) is 9.20. The maximum atomic E-state index is 13.1. The third kappa shape index (κ3) is 2.25. The fraction of sp³-hybridized carbons (Fsp3) is 0.875. The molecule has 3 atom stereocenters. The Morgan fingerprint density at radius 1 is 1.52 bits per heavy atom. The smallest absolute Gasteiger partial charge is 0.243 e. The van der Waals surface area contributed by atoms with E-state index < -0.39 is 5.54 Å². The van der Waals surface area contributed by atoms with E-state index in [0.717, 1.165) is 19.4 Å². The van der Waals surface area contributed by atoms with E-state index in [0.29, 0.717) is 13.0 Å². The van der Waals surface area contributed by atoms with Gasteiger partial charge in [-0.2, -0.15) is 5.26 Å². The number of amides is 1. The monoisotopic (exact) mass is 293 g/mol. The van der Waals surface area contributed by atoms with E-state index in [-0.39, 0.29) is 29.4 Å². The first-order chi connectivity index (χ1) is 9.78. The molecule has 0 spiro atoms. The van der Waals surface area contributed by atoms with Gasteiger partial charge in [-0.1, -0.05) is 13.8 Å². The molecule has 2 fully saturated rings. The molecule has 1 saturated carbocycles. The normalized spacial score (nSPS) is 33.8. The van der Waals surface area contributed by atoms with Gasteiger partial charge in [0.15, 0.2) is 0 Å². The fourth-order valence-corrected chi connectivity index (χ4v) is 4.01. The number of carbonyl (C=O) groups is 1. The standard InChI is InChI=1S/C16H27N3O2/c1-11(2)19(9-6-8-17)14(20)16(18)12-7-5-10-21-13(12)15(16,3)4/h11-13H,5-7,9-10,18H2,1-4H3. The first-order valence-electron chi connectivity index (χ1n) is 7.87. The van der Waals surface area contributed by atoms with Crippen LogP contribution < -0.4 is 5.73 Å². The summed E-state index contributed by atoms with van der Waals surface area (Å²) in [5.74, 6) is 0.0709. The Bertz CT molecular complexity index is 455. The molecule has 5 nitrogen and oxygen atoms in total. The van der Waals surface area contributed by atoms with Crippen LogP contribution in [0.5, 0.6) is 0 Å². The van der Waals surface area contributed by atoms with E-state index in [4.69, 9.17) is 15.7 Å². The molecule has 2 N–H and O–H groups in total. The van der Waals surface area contributed by atoms with Crippen LogP contribution in [0.15, 0.2) is 0 Å². The molecule has 1 saturated heterocycles. The number of hydrogen-bond donors (Lipinski definition) is 1. The van der Waals surface area contributed by atoms with Gasteiger partial charge < -0.3 is 15.4 Å². The third-order valence-electron chi connectivity index (χ3n) is 5.39. The second-order valence-electron chi connectivity index (χ2n) is 7.13. The van der Waals surface area contributed by atoms with Crippen molar-refractivity contribution in [2.75, 3.05) is 13.2 Å². The lowest BCUT2D eigenvalue weighted by atomic mass is 9.46. The largest absolute Gasteiger partial charge is 0.377 e. The Morgan fingerprint density at radius 2 is 2.19 bits per heavy atom. The third-order valence-corrected chi connectivity index (χ3v) is 5.39. The molecule has 3 unspecified atom stereocenters. The molecule has 0 aromatic rings. The van der Waals surface area contributed by atoms with E-state index in [1.54, 1.807) is 4.90 Å². The Morgan fingerprint density at radius 3 is 2.76 bits per heavy atom. The molecule has 2 rings (SSSR count). The van der Waals surface area contributed by atoms with Gasteiger partial charge in [0, 0.05) is 30.5 Å². The molecule has 1 aliphatic heterocycles. The van der Waals surface area contributed by atoms with Crippen LogP contribution in [0, 0.1) is 22.7 Å². The molecule has 5 heteroatoms. The van der Waals surface area contributed by atoms with E-state index in [2.05, 4.69) is 6.07 Å². The lowest BCUT2D eigenvalue weighted by molar-refractivity contribution is -0.230. The maximum Gasteiger partial charge on any atom is 0.243 e.